The van der Waals surface area contributed by atoms with Crippen molar-refractivity contribution in [3.8, 4) is 0 Å². The Labute approximate surface area is 183 Å². The second-order valence-corrected chi connectivity index (χ2v) is 8.22. The maximum atomic E-state index is 13.0. The number of carbonyl (C=O) groups excluding carboxylic acids is 2. The van der Waals surface area contributed by atoms with Crippen LogP contribution >= 0.6 is 0 Å². The van der Waals surface area contributed by atoms with Gasteiger partial charge >= 0.3 is 0 Å². The van der Waals surface area contributed by atoms with Gasteiger partial charge in [-0.1, -0.05) is 62.4 Å². The van der Waals surface area contributed by atoms with E-state index in [0.29, 0.717) is 11.3 Å². The second-order valence-electron chi connectivity index (χ2n) is 8.22. The summed E-state index contributed by atoms with van der Waals surface area (Å²) < 4.78 is 5.34. The third-order valence-corrected chi connectivity index (χ3v) is 5.11. The Hall–Kier alpha value is -3.60. The minimum Gasteiger partial charge on any atom is -0.465 e. The van der Waals surface area contributed by atoms with Crippen LogP contribution in [0.15, 0.2) is 89.2 Å². The molecule has 5 heteroatoms. The van der Waals surface area contributed by atoms with Gasteiger partial charge in [0.05, 0.1) is 6.26 Å². The molecule has 2 aromatic carbocycles. The van der Waals surface area contributed by atoms with E-state index in [2.05, 4.69) is 36.6 Å². The third-order valence-electron chi connectivity index (χ3n) is 5.11. The molecule has 0 saturated heterocycles. The van der Waals surface area contributed by atoms with Crippen LogP contribution in [0.5, 0.6) is 0 Å². The maximum absolute atomic E-state index is 13.0. The molecule has 0 bridgehead atoms. The first-order chi connectivity index (χ1) is 14.8. The zero-order valence-corrected chi connectivity index (χ0v) is 18.1. The van der Waals surface area contributed by atoms with Gasteiger partial charge in [-0.25, -0.2) is 0 Å². The Morgan fingerprint density at radius 3 is 2.23 bits per heavy atom. The predicted molar refractivity (Wildman–Crippen MR) is 122 cm³/mol. The molecule has 0 saturated carbocycles. The summed E-state index contributed by atoms with van der Waals surface area (Å²) in [7, 11) is 0. The van der Waals surface area contributed by atoms with Gasteiger partial charge < -0.3 is 15.1 Å². The van der Waals surface area contributed by atoms with Crippen LogP contribution in [-0.2, 0) is 10.2 Å². The van der Waals surface area contributed by atoms with Crippen molar-refractivity contribution in [3.63, 3.8) is 0 Å². The van der Waals surface area contributed by atoms with Crippen molar-refractivity contribution in [2.45, 2.75) is 38.6 Å². The summed E-state index contributed by atoms with van der Waals surface area (Å²) >= 11 is 0. The molecule has 0 aliphatic carbocycles. The highest BCUT2D eigenvalue weighted by Crippen LogP contribution is 2.28. The molecule has 3 aromatic rings. The normalized spacial score (nSPS) is 12.8. The molecule has 0 spiro atoms. The van der Waals surface area contributed by atoms with Gasteiger partial charge in [-0.05, 0) is 48.6 Å². The molecule has 0 unspecified atom stereocenters. The number of furan rings is 1. The van der Waals surface area contributed by atoms with Crippen molar-refractivity contribution in [1.82, 2.24) is 10.6 Å². The first kappa shape index (κ1) is 22.1. The summed E-state index contributed by atoms with van der Waals surface area (Å²) in [5, 5.41) is 5.73. The molecule has 160 valence electrons. The molecule has 3 rings (SSSR count). The molecule has 1 aromatic heterocycles. The molecule has 0 aliphatic rings. The Morgan fingerprint density at radius 1 is 0.968 bits per heavy atom. The van der Waals surface area contributed by atoms with E-state index in [1.807, 2.05) is 31.2 Å². The quantitative estimate of drug-likeness (QED) is 0.512. The number of amides is 2. The first-order valence-electron chi connectivity index (χ1n) is 10.3. The van der Waals surface area contributed by atoms with Crippen molar-refractivity contribution in [2.24, 2.45) is 0 Å². The molecular weight excluding hydrogens is 388 g/mol. The molecule has 2 amide bonds. The van der Waals surface area contributed by atoms with Gasteiger partial charge in [0.25, 0.3) is 11.8 Å². The van der Waals surface area contributed by atoms with Crippen LogP contribution in [0.2, 0.25) is 0 Å². The molecule has 31 heavy (non-hydrogen) atoms. The summed E-state index contributed by atoms with van der Waals surface area (Å²) in [4.78, 5) is 25.7. The molecule has 1 atom stereocenters. The maximum Gasteiger partial charge on any atom is 0.268 e. The fourth-order valence-corrected chi connectivity index (χ4v) is 3.58. The Balaban J connectivity index is 1.73. The number of rotatable bonds is 8. The molecular formula is C26H28N2O3. The van der Waals surface area contributed by atoms with Crippen LogP contribution in [-0.4, -0.2) is 17.9 Å². The molecule has 2 N–H and O–H groups in total. The monoisotopic (exact) mass is 416 g/mol. The van der Waals surface area contributed by atoms with Crippen LogP contribution < -0.4 is 10.6 Å². The minimum atomic E-state index is -0.364. The van der Waals surface area contributed by atoms with E-state index in [9.17, 15) is 9.59 Å². The van der Waals surface area contributed by atoms with E-state index in [4.69, 9.17) is 4.42 Å². The largest absolute Gasteiger partial charge is 0.465 e. The van der Waals surface area contributed by atoms with Gasteiger partial charge in [-0.15, -0.1) is 0 Å². The van der Waals surface area contributed by atoms with Crippen LogP contribution in [0.1, 0.15) is 48.9 Å². The molecule has 0 fully saturated rings. The van der Waals surface area contributed by atoms with Crippen molar-refractivity contribution in [1.29, 1.82) is 0 Å². The lowest BCUT2D eigenvalue weighted by atomic mass is 9.79. The highest BCUT2D eigenvalue weighted by atomic mass is 16.3. The van der Waals surface area contributed by atoms with Crippen molar-refractivity contribution in [2.75, 3.05) is 0 Å². The summed E-state index contributed by atoms with van der Waals surface area (Å²) in [6.07, 6.45) is 3.79. The van der Waals surface area contributed by atoms with Crippen molar-refractivity contribution < 1.29 is 14.0 Å². The van der Waals surface area contributed by atoms with Crippen molar-refractivity contribution in [3.05, 3.63) is 102 Å². The first-order valence-corrected chi connectivity index (χ1v) is 10.3. The molecule has 1 heterocycles. The van der Waals surface area contributed by atoms with E-state index in [0.717, 1.165) is 6.42 Å². The Morgan fingerprint density at radius 2 is 1.61 bits per heavy atom. The number of hydrogen-bond acceptors (Lipinski definition) is 3. The summed E-state index contributed by atoms with van der Waals surface area (Å²) in [5.74, 6) is -0.237. The number of nitrogens with one attached hydrogen (secondary N) is 2. The molecule has 0 aliphatic heterocycles. The Bertz CT molecular complexity index is 1020. The Kier molecular flexibility index (Phi) is 7.08. The number of carbonyl (C=O) groups is 2. The fourth-order valence-electron chi connectivity index (χ4n) is 3.58. The standard InChI is InChI=1S/C26H28N2O3/c1-19(18-26(2,3)21-13-8-5-9-14-21)27-25(30)23(17-22-15-10-16-31-22)28-24(29)20-11-6-4-7-12-20/h4-17,19H,18H2,1-3H3,(H,27,30)(H,28,29)/b23-17-/t19-/m1/s1. The van der Waals surface area contributed by atoms with E-state index in [-0.39, 0.29) is 29.0 Å². The van der Waals surface area contributed by atoms with E-state index in [1.165, 1.54) is 17.9 Å². The van der Waals surface area contributed by atoms with Crippen LogP contribution in [0.25, 0.3) is 6.08 Å². The molecule has 5 nitrogen and oxygen atoms in total. The van der Waals surface area contributed by atoms with Crippen LogP contribution in [0, 0.1) is 0 Å². The highest BCUT2D eigenvalue weighted by molar-refractivity contribution is 6.05. The predicted octanol–water partition coefficient (Wildman–Crippen LogP) is 4.92. The van der Waals surface area contributed by atoms with Gasteiger partial charge in [0.2, 0.25) is 0 Å². The number of benzene rings is 2. The zero-order valence-electron chi connectivity index (χ0n) is 18.1. The minimum absolute atomic E-state index is 0.115. The van der Waals surface area contributed by atoms with Crippen molar-refractivity contribution >= 4 is 17.9 Å². The second kappa shape index (κ2) is 9.94. The highest BCUT2D eigenvalue weighted by Gasteiger charge is 2.25. The molecule has 0 radical (unpaired) electrons. The third kappa shape index (κ3) is 6.19. The van der Waals surface area contributed by atoms with Gasteiger partial charge in [-0.3, -0.25) is 9.59 Å². The van der Waals surface area contributed by atoms with E-state index >= 15 is 0 Å². The lowest BCUT2D eigenvalue weighted by molar-refractivity contribution is -0.118. The summed E-state index contributed by atoms with van der Waals surface area (Å²) in [6.45, 7) is 6.27. The lowest BCUT2D eigenvalue weighted by Crippen LogP contribution is -2.41. The van der Waals surface area contributed by atoms with E-state index in [1.54, 1.807) is 36.4 Å². The average molecular weight is 417 g/mol. The van der Waals surface area contributed by atoms with Gasteiger partial charge in [0.1, 0.15) is 11.5 Å². The van der Waals surface area contributed by atoms with Crippen LogP contribution in [0.3, 0.4) is 0 Å². The van der Waals surface area contributed by atoms with Gasteiger partial charge in [0, 0.05) is 17.7 Å². The fraction of sp³-hybridized carbons (Fsp3) is 0.231. The zero-order chi connectivity index (χ0) is 22.3. The van der Waals surface area contributed by atoms with Gasteiger partial charge in [-0.2, -0.15) is 0 Å². The average Bonchev–Trinajstić information content (AvgIpc) is 3.27. The van der Waals surface area contributed by atoms with Crippen LogP contribution in [0.4, 0.5) is 0 Å². The SMILES string of the molecule is C[C@H](CC(C)(C)c1ccccc1)NC(=O)/C(=C/c1ccco1)NC(=O)c1ccccc1. The summed E-state index contributed by atoms with van der Waals surface area (Å²) in [5.41, 5.74) is 1.69. The smallest absolute Gasteiger partial charge is 0.268 e. The van der Waals surface area contributed by atoms with E-state index < -0.39 is 0 Å². The number of hydrogen-bond donors (Lipinski definition) is 2. The lowest BCUT2D eigenvalue weighted by Gasteiger charge is -2.29. The summed E-state index contributed by atoms with van der Waals surface area (Å²) in [6, 6.07) is 22.3. The topological polar surface area (TPSA) is 71.3 Å². The van der Waals surface area contributed by atoms with Gasteiger partial charge in [0.15, 0.2) is 0 Å².